The van der Waals surface area contributed by atoms with E-state index < -0.39 is 5.67 Å². The fourth-order valence-electron chi connectivity index (χ4n) is 3.46. The van der Waals surface area contributed by atoms with Crippen molar-refractivity contribution in [3.05, 3.63) is 18.1 Å². The van der Waals surface area contributed by atoms with Gasteiger partial charge in [-0.25, -0.2) is 14.4 Å². The van der Waals surface area contributed by atoms with E-state index in [1.54, 1.807) is 13.3 Å². The zero-order valence-corrected chi connectivity index (χ0v) is 13.0. The second-order valence-corrected chi connectivity index (χ2v) is 6.95. The second kappa shape index (κ2) is 4.91. The molecule has 4 rings (SSSR count). The predicted molar refractivity (Wildman–Crippen MR) is 84.9 cm³/mol. The number of hydrogen-bond donors (Lipinski definition) is 3. The predicted octanol–water partition coefficient (Wildman–Crippen LogP) is 2.73. The molecule has 0 amide bonds. The molecular weight excluding hydrogens is 281 g/mol. The van der Waals surface area contributed by atoms with Crippen LogP contribution in [0.3, 0.4) is 0 Å². The Hall–Kier alpha value is -1.69. The molecule has 5 nitrogen and oxygen atoms in total. The number of nitrogens with zero attached hydrogens (tertiary/aromatic N) is 2. The van der Waals surface area contributed by atoms with Gasteiger partial charge in [0.15, 0.2) is 0 Å². The Kier molecular flexibility index (Phi) is 3.11. The van der Waals surface area contributed by atoms with Crippen LogP contribution < -0.4 is 10.6 Å². The Labute approximate surface area is 129 Å². The van der Waals surface area contributed by atoms with Gasteiger partial charge in [0.1, 0.15) is 23.5 Å². The third-order valence-corrected chi connectivity index (χ3v) is 5.05. The van der Waals surface area contributed by atoms with Crippen LogP contribution in [-0.4, -0.2) is 39.2 Å². The number of H-pyrrole nitrogens is 1. The van der Waals surface area contributed by atoms with Crippen LogP contribution in [0, 0.1) is 0 Å². The average molecular weight is 303 g/mol. The highest BCUT2D eigenvalue weighted by molar-refractivity contribution is 5.91. The molecule has 4 atom stereocenters. The van der Waals surface area contributed by atoms with Gasteiger partial charge < -0.3 is 15.6 Å². The maximum Gasteiger partial charge on any atom is 0.143 e. The van der Waals surface area contributed by atoms with Crippen LogP contribution >= 0.6 is 0 Å². The van der Waals surface area contributed by atoms with Crippen LogP contribution in [0.25, 0.3) is 11.0 Å². The molecule has 1 unspecified atom stereocenters. The number of aromatic nitrogens is 3. The van der Waals surface area contributed by atoms with Gasteiger partial charge in [-0.15, -0.1) is 0 Å². The normalized spacial score (nSPS) is 34.8. The minimum atomic E-state index is -1.09. The Morgan fingerprint density at radius 1 is 1.36 bits per heavy atom. The smallest absolute Gasteiger partial charge is 0.143 e. The summed E-state index contributed by atoms with van der Waals surface area (Å²) in [5, 5.41) is 7.96. The molecule has 118 valence electrons. The van der Waals surface area contributed by atoms with E-state index in [1.807, 2.05) is 6.20 Å². The highest BCUT2D eigenvalue weighted by Gasteiger charge is 2.53. The first-order chi connectivity index (χ1) is 10.5. The molecule has 1 aliphatic carbocycles. The summed E-state index contributed by atoms with van der Waals surface area (Å²) < 4.78 is 14.1. The maximum atomic E-state index is 14.1. The van der Waals surface area contributed by atoms with Gasteiger partial charge in [0.05, 0.1) is 5.39 Å². The van der Waals surface area contributed by atoms with Crippen LogP contribution in [0.15, 0.2) is 12.5 Å². The molecule has 1 aliphatic heterocycles. The molecule has 2 aliphatic rings. The van der Waals surface area contributed by atoms with E-state index in [9.17, 15) is 4.39 Å². The molecule has 3 heterocycles. The standard InChI is InChI=1S/C16H22FN5/c1-9-3-4-10(6-18-9)22-15-13-11(12-5-16(12,2)17)7-19-14(13)20-8-21-15/h7-10,12,18H,3-6H2,1-2H3,(H2,19,20,21,22)/t9-,10+,12-,16?/m0/s1. The van der Waals surface area contributed by atoms with Crippen LogP contribution in [-0.2, 0) is 0 Å². The summed E-state index contributed by atoms with van der Waals surface area (Å²) in [5.74, 6) is 0.780. The molecule has 3 N–H and O–H groups in total. The topological polar surface area (TPSA) is 65.6 Å². The highest BCUT2D eigenvalue weighted by Crippen LogP contribution is 2.56. The van der Waals surface area contributed by atoms with E-state index in [0.29, 0.717) is 18.5 Å². The summed E-state index contributed by atoms with van der Waals surface area (Å²) in [6.07, 6.45) is 6.30. The van der Waals surface area contributed by atoms with E-state index in [-0.39, 0.29) is 5.92 Å². The van der Waals surface area contributed by atoms with E-state index in [4.69, 9.17) is 0 Å². The number of aromatic amines is 1. The lowest BCUT2D eigenvalue weighted by atomic mass is 10.0. The number of alkyl halides is 1. The Morgan fingerprint density at radius 2 is 2.18 bits per heavy atom. The summed E-state index contributed by atoms with van der Waals surface area (Å²) in [6.45, 7) is 4.80. The number of hydrogen-bond acceptors (Lipinski definition) is 4. The van der Waals surface area contributed by atoms with Gasteiger partial charge >= 0.3 is 0 Å². The van der Waals surface area contributed by atoms with Crippen molar-refractivity contribution in [1.82, 2.24) is 20.3 Å². The van der Waals surface area contributed by atoms with Crippen molar-refractivity contribution in [2.75, 3.05) is 11.9 Å². The van der Waals surface area contributed by atoms with Gasteiger partial charge in [-0.2, -0.15) is 0 Å². The molecule has 0 spiro atoms. The third kappa shape index (κ3) is 2.35. The average Bonchev–Trinajstić information content (AvgIpc) is 2.94. The maximum absolute atomic E-state index is 14.1. The molecule has 22 heavy (non-hydrogen) atoms. The fraction of sp³-hybridized carbons (Fsp3) is 0.625. The van der Waals surface area contributed by atoms with Gasteiger partial charge in [0.25, 0.3) is 0 Å². The van der Waals surface area contributed by atoms with Crippen molar-refractivity contribution in [2.24, 2.45) is 0 Å². The summed E-state index contributed by atoms with van der Waals surface area (Å²) in [4.78, 5) is 11.9. The molecule has 1 saturated heterocycles. The van der Waals surface area contributed by atoms with Crippen molar-refractivity contribution >= 4 is 16.9 Å². The minimum absolute atomic E-state index is 0.0442. The first-order valence-corrected chi connectivity index (χ1v) is 8.05. The van der Waals surface area contributed by atoms with Crippen molar-refractivity contribution in [3.63, 3.8) is 0 Å². The van der Waals surface area contributed by atoms with Crippen molar-refractivity contribution < 1.29 is 4.39 Å². The van der Waals surface area contributed by atoms with Crippen molar-refractivity contribution in [3.8, 4) is 0 Å². The number of anilines is 1. The second-order valence-electron chi connectivity index (χ2n) is 6.95. The summed E-state index contributed by atoms with van der Waals surface area (Å²) in [7, 11) is 0. The molecule has 0 aromatic carbocycles. The first-order valence-electron chi connectivity index (χ1n) is 8.05. The minimum Gasteiger partial charge on any atom is -0.365 e. The number of nitrogens with one attached hydrogen (secondary N) is 3. The number of rotatable bonds is 3. The lowest BCUT2D eigenvalue weighted by molar-refractivity contribution is 0.328. The molecule has 2 aromatic rings. The Bertz CT molecular complexity index is 687. The number of piperidine rings is 1. The van der Waals surface area contributed by atoms with Crippen LogP contribution in [0.2, 0.25) is 0 Å². The van der Waals surface area contributed by atoms with Crippen LogP contribution in [0.5, 0.6) is 0 Å². The van der Waals surface area contributed by atoms with E-state index in [0.717, 1.165) is 41.8 Å². The molecule has 2 aromatic heterocycles. The van der Waals surface area contributed by atoms with E-state index in [2.05, 4.69) is 32.5 Å². The Balaban J connectivity index is 1.64. The molecular formula is C16H22FN5. The van der Waals surface area contributed by atoms with Crippen molar-refractivity contribution in [2.45, 2.75) is 56.8 Å². The van der Waals surface area contributed by atoms with Crippen LogP contribution in [0.4, 0.5) is 10.2 Å². The monoisotopic (exact) mass is 303 g/mol. The molecule has 0 radical (unpaired) electrons. The number of fused-ring (bicyclic) bond motifs is 1. The zero-order chi connectivity index (χ0) is 15.3. The van der Waals surface area contributed by atoms with Crippen LogP contribution in [0.1, 0.15) is 44.6 Å². The van der Waals surface area contributed by atoms with Gasteiger partial charge in [-0.1, -0.05) is 0 Å². The first kappa shape index (κ1) is 13.9. The molecule has 2 fully saturated rings. The third-order valence-electron chi connectivity index (χ3n) is 5.05. The highest BCUT2D eigenvalue weighted by atomic mass is 19.1. The van der Waals surface area contributed by atoms with Gasteiger partial charge in [-0.3, -0.25) is 0 Å². The summed E-state index contributed by atoms with van der Waals surface area (Å²) >= 11 is 0. The lowest BCUT2D eigenvalue weighted by Crippen LogP contribution is -2.43. The lowest BCUT2D eigenvalue weighted by Gasteiger charge is -2.28. The van der Waals surface area contributed by atoms with Gasteiger partial charge in [-0.05, 0) is 38.7 Å². The molecule has 1 saturated carbocycles. The van der Waals surface area contributed by atoms with Gasteiger partial charge in [0.2, 0.25) is 0 Å². The van der Waals surface area contributed by atoms with Gasteiger partial charge in [0, 0.05) is 30.7 Å². The fourth-order valence-corrected chi connectivity index (χ4v) is 3.46. The van der Waals surface area contributed by atoms with E-state index >= 15 is 0 Å². The zero-order valence-electron chi connectivity index (χ0n) is 13.0. The Morgan fingerprint density at radius 3 is 2.86 bits per heavy atom. The quantitative estimate of drug-likeness (QED) is 0.816. The summed E-state index contributed by atoms with van der Waals surface area (Å²) in [6, 6.07) is 0.929. The molecule has 6 heteroatoms. The van der Waals surface area contributed by atoms with Crippen molar-refractivity contribution in [1.29, 1.82) is 0 Å². The summed E-state index contributed by atoms with van der Waals surface area (Å²) in [5.41, 5.74) is 0.692. The SMILES string of the molecule is C[C@H]1CC[C@@H](Nc2ncnc3[nH]cc([C@@H]4CC4(C)F)c23)CN1. The molecule has 0 bridgehead atoms. The van der Waals surface area contributed by atoms with E-state index in [1.165, 1.54) is 0 Å². The number of halogens is 1. The largest absolute Gasteiger partial charge is 0.365 e.